The van der Waals surface area contributed by atoms with Crippen LogP contribution in [0.1, 0.15) is 52.4 Å². The molecule has 0 rings (SSSR count). The molecule has 3 heteroatoms. The van der Waals surface area contributed by atoms with E-state index in [1.165, 1.54) is 6.08 Å². The lowest BCUT2D eigenvalue weighted by molar-refractivity contribution is -0.116. The summed E-state index contributed by atoms with van der Waals surface area (Å²) in [5, 5.41) is 2.81. The van der Waals surface area contributed by atoms with Crippen molar-refractivity contribution in [3.8, 4) is 0 Å². The van der Waals surface area contributed by atoms with Crippen LogP contribution in [-0.4, -0.2) is 18.0 Å². The second-order valence-corrected chi connectivity index (χ2v) is 4.49. The van der Waals surface area contributed by atoms with Crippen molar-refractivity contribution in [2.24, 2.45) is 5.73 Å². The van der Waals surface area contributed by atoms with Gasteiger partial charge in [-0.3, -0.25) is 4.79 Å². The molecule has 0 bridgehead atoms. The fraction of sp³-hybridized carbons (Fsp3) is 0.769. The summed E-state index contributed by atoms with van der Waals surface area (Å²) in [6.45, 7) is 8.30. The minimum atomic E-state index is -0.245. The molecule has 0 unspecified atom stereocenters. The van der Waals surface area contributed by atoms with Gasteiger partial charge in [0.15, 0.2) is 0 Å². The lowest BCUT2D eigenvalue weighted by Crippen LogP contribution is -2.49. The number of hydrogen-bond acceptors (Lipinski definition) is 2. The third kappa shape index (κ3) is 6.62. The Bertz CT molecular complexity index is 206. The molecule has 0 spiro atoms. The van der Waals surface area contributed by atoms with Crippen molar-refractivity contribution in [1.29, 1.82) is 0 Å². The standard InChI is InChI=1S/C13H26N2O/c1-4-7-9-13(14,10-8-5-2)11-15-12(16)6-3/h6H,3-5,7-11,14H2,1-2H3,(H,15,16). The summed E-state index contributed by atoms with van der Waals surface area (Å²) in [5.74, 6) is -0.136. The highest BCUT2D eigenvalue weighted by Gasteiger charge is 2.23. The maximum atomic E-state index is 11.1. The highest BCUT2D eigenvalue weighted by molar-refractivity contribution is 5.86. The highest BCUT2D eigenvalue weighted by Crippen LogP contribution is 2.18. The van der Waals surface area contributed by atoms with E-state index >= 15 is 0 Å². The van der Waals surface area contributed by atoms with Gasteiger partial charge >= 0.3 is 0 Å². The predicted molar refractivity (Wildman–Crippen MR) is 69.2 cm³/mol. The average Bonchev–Trinajstić information content (AvgIpc) is 2.31. The molecule has 0 saturated heterocycles. The molecular formula is C13H26N2O. The summed E-state index contributed by atoms with van der Waals surface area (Å²) in [4.78, 5) is 11.1. The minimum absolute atomic E-state index is 0.136. The largest absolute Gasteiger partial charge is 0.351 e. The van der Waals surface area contributed by atoms with Gasteiger partial charge < -0.3 is 11.1 Å². The van der Waals surface area contributed by atoms with Gasteiger partial charge in [-0.1, -0.05) is 46.1 Å². The molecule has 94 valence electrons. The zero-order valence-corrected chi connectivity index (χ0v) is 10.7. The lowest BCUT2D eigenvalue weighted by atomic mass is 9.88. The fourth-order valence-corrected chi connectivity index (χ4v) is 1.69. The molecular weight excluding hydrogens is 200 g/mol. The topological polar surface area (TPSA) is 55.1 Å². The summed E-state index contributed by atoms with van der Waals surface area (Å²) in [5.41, 5.74) is 6.08. The predicted octanol–water partition coefficient (Wildman–Crippen LogP) is 2.37. The first kappa shape index (κ1) is 15.2. The first-order valence-corrected chi connectivity index (χ1v) is 6.27. The van der Waals surface area contributed by atoms with Crippen LogP contribution in [0.5, 0.6) is 0 Å². The van der Waals surface area contributed by atoms with Crippen LogP contribution < -0.4 is 11.1 Å². The maximum absolute atomic E-state index is 11.1. The Hall–Kier alpha value is -0.830. The van der Waals surface area contributed by atoms with E-state index in [1.54, 1.807) is 0 Å². The van der Waals surface area contributed by atoms with Gasteiger partial charge in [0.1, 0.15) is 0 Å². The summed E-state index contributed by atoms with van der Waals surface area (Å²) >= 11 is 0. The molecule has 0 fully saturated rings. The Balaban J connectivity index is 4.16. The average molecular weight is 226 g/mol. The van der Waals surface area contributed by atoms with Gasteiger partial charge in [0.2, 0.25) is 5.91 Å². The molecule has 0 aliphatic carbocycles. The molecule has 0 radical (unpaired) electrons. The monoisotopic (exact) mass is 226 g/mol. The normalized spacial score (nSPS) is 11.2. The lowest BCUT2D eigenvalue weighted by Gasteiger charge is -2.29. The van der Waals surface area contributed by atoms with Gasteiger partial charge in [-0.25, -0.2) is 0 Å². The van der Waals surface area contributed by atoms with Crippen molar-refractivity contribution in [2.75, 3.05) is 6.54 Å². The molecule has 3 N–H and O–H groups in total. The van der Waals surface area contributed by atoms with E-state index in [0.29, 0.717) is 6.54 Å². The van der Waals surface area contributed by atoms with Crippen molar-refractivity contribution < 1.29 is 4.79 Å². The number of carbonyl (C=O) groups excluding carboxylic acids is 1. The molecule has 16 heavy (non-hydrogen) atoms. The number of rotatable bonds is 9. The third-order valence-electron chi connectivity index (χ3n) is 2.86. The van der Waals surface area contributed by atoms with Gasteiger partial charge in [-0.05, 0) is 18.9 Å². The first-order valence-electron chi connectivity index (χ1n) is 6.27. The second kappa shape index (κ2) is 8.34. The highest BCUT2D eigenvalue weighted by atomic mass is 16.1. The van der Waals surface area contributed by atoms with Crippen molar-refractivity contribution in [3.63, 3.8) is 0 Å². The number of nitrogens with one attached hydrogen (secondary N) is 1. The van der Waals surface area contributed by atoms with Gasteiger partial charge in [0.05, 0.1) is 0 Å². The summed E-state index contributed by atoms with van der Waals surface area (Å²) < 4.78 is 0. The van der Waals surface area contributed by atoms with Gasteiger partial charge in [-0.2, -0.15) is 0 Å². The summed E-state index contributed by atoms with van der Waals surface area (Å²) in [7, 11) is 0. The SMILES string of the molecule is C=CC(=O)NCC(N)(CCCC)CCCC. The Labute approximate surface area is 99.5 Å². The molecule has 0 aliphatic heterocycles. The van der Waals surface area contributed by atoms with Crippen LogP contribution in [0.2, 0.25) is 0 Å². The van der Waals surface area contributed by atoms with Crippen LogP contribution in [0.4, 0.5) is 0 Å². The van der Waals surface area contributed by atoms with Crippen molar-refractivity contribution in [2.45, 2.75) is 57.9 Å². The first-order chi connectivity index (χ1) is 7.58. The zero-order valence-electron chi connectivity index (χ0n) is 10.7. The number of nitrogens with two attached hydrogens (primary N) is 1. The quantitative estimate of drug-likeness (QED) is 0.593. The van der Waals surface area contributed by atoms with Crippen LogP contribution in [0.25, 0.3) is 0 Å². The van der Waals surface area contributed by atoms with E-state index < -0.39 is 0 Å². The Kier molecular flexibility index (Phi) is 7.90. The van der Waals surface area contributed by atoms with Crippen LogP contribution in [0, 0.1) is 0 Å². The van der Waals surface area contributed by atoms with Crippen LogP contribution in [0.3, 0.4) is 0 Å². The molecule has 0 aromatic carbocycles. The van der Waals surface area contributed by atoms with Crippen molar-refractivity contribution >= 4 is 5.91 Å². The molecule has 3 nitrogen and oxygen atoms in total. The molecule has 0 atom stereocenters. The van der Waals surface area contributed by atoms with Crippen molar-refractivity contribution in [1.82, 2.24) is 5.32 Å². The molecule has 0 aromatic heterocycles. The Morgan fingerprint density at radius 3 is 2.19 bits per heavy atom. The minimum Gasteiger partial charge on any atom is -0.351 e. The van der Waals surface area contributed by atoms with E-state index in [4.69, 9.17) is 5.73 Å². The Morgan fingerprint density at radius 2 is 1.81 bits per heavy atom. The van der Waals surface area contributed by atoms with Gasteiger partial charge in [0.25, 0.3) is 0 Å². The van der Waals surface area contributed by atoms with E-state index in [0.717, 1.165) is 38.5 Å². The summed E-state index contributed by atoms with van der Waals surface area (Å²) in [6, 6.07) is 0. The fourth-order valence-electron chi connectivity index (χ4n) is 1.69. The Morgan fingerprint density at radius 1 is 1.31 bits per heavy atom. The number of amides is 1. The second-order valence-electron chi connectivity index (χ2n) is 4.49. The smallest absolute Gasteiger partial charge is 0.243 e. The van der Waals surface area contributed by atoms with E-state index in [9.17, 15) is 4.79 Å². The van der Waals surface area contributed by atoms with Crippen LogP contribution >= 0.6 is 0 Å². The van der Waals surface area contributed by atoms with E-state index in [-0.39, 0.29) is 11.4 Å². The van der Waals surface area contributed by atoms with E-state index in [1.807, 2.05) is 0 Å². The number of carbonyl (C=O) groups is 1. The molecule has 0 saturated carbocycles. The molecule has 0 aliphatic rings. The maximum Gasteiger partial charge on any atom is 0.243 e. The summed E-state index contributed by atoms with van der Waals surface area (Å²) in [6.07, 6.45) is 7.75. The molecule has 1 amide bonds. The van der Waals surface area contributed by atoms with Gasteiger partial charge in [-0.15, -0.1) is 0 Å². The zero-order chi connectivity index (χ0) is 12.4. The van der Waals surface area contributed by atoms with E-state index in [2.05, 4.69) is 25.7 Å². The van der Waals surface area contributed by atoms with Crippen LogP contribution in [-0.2, 0) is 4.79 Å². The molecule has 0 heterocycles. The van der Waals surface area contributed by atoms with Crippen LogP contribution in [0.15, 0.2) is 12.7 Å². The van der Waals surface area contributed by atoms with Gasteiger partial charge in [0, 0.05) is 12.1 Å². The van der Waals surface area contributed by atoms with Crippen molar-refractivity contribution in [3.05, 3.63) is 12.7 Å². The molecule has 0 aromatic rings. The number of hydrogen-bond donors (Lipinski definition) is 2. The number of unbranched alkanes of at least 4 members (excludes halogenated alkanes) is 2. The third-order valence-corrected chi connectivity index (χ3v) is 2.86.